The van der Waals surface area contributed by atoms with E-state index in [1.165, 1.54) is 0 Å². The molecule has 0 saturated carbocycles. The van der Waals surface area contributed by atoms with E-state index in [0.29, 0.717) is 26.3 Å². The highest BCUT2D eigenvalue weighted by molar-refractivity contribution is 5.88. The van der Waals surface area contributed by atoms with Crippen LogP contribution in [0.2, 0.25) is 0 Å². The van der Waals surface area contributed by atoms with Gasteiger partial charge in [-0.25, -0.2) is 0 Å². The fourth-order valence-electron chi connectivity index (χ4n) is 4.37. The summed E-state index contributed by atoms with van der Waals surface area (Å²) in [5, 5.41) is 0. The zero-order chi connectivity index (χ0) is 18.7. The molecular weight excluding hydrogens is 338 g/mol. The molecule has 2 fully saturated rings. The number of nitrogens with zero attached hydrogens (tertiary/aromatic N) is 1. The van der Waals surface area contributed by atoms with Crippen LogP contribution in [0.5, 0.6) is 0 Å². The van der Waals surface area contributed by atoms with Gasteiger partial charge in [-0.2, -0.15) is 0 Å². The Bertz CT molecular complexity index is 756. The highest BCUT2D eigenvalue weighted by atomic mass is 16.5. The van der Waals surface area contributed by atoms with Crippen molar-refractivity contribution in [1.82, 2.24) is 4.90 Å². The van der Waals surface area contributed by atoms with E-state index >= 15 is 0 Å². The number of benzene rings is 2. The lowest BCUT2D eigenvalue weighted by Gasteiger charge is -2.44. The standard InChI is InChI=1S/C23H27NO3/c1-18-16-24(17-21(27-18)19-8-4-2-5-9-19)22(25)23(12-14-26-15-13-23)20-10-6-3-7-11-20/h2-11,18,21H,12-17H2,1H3/t18-,21-/m1/s1. The fourth-order valence-corrected chi connectivity index (χ4v) is 4.37. The highest BCUT2D eigenvalue weighted by Gasteiger charge is 2.45. The molecule has 4 nitrogen and oxygen atoms in total. The molecule has 2 atom stereocenters. The molecule has 0 aliphatic carbocycles. The maximum absolute atomic E-state index is 13.8. The van der Waals surface area contributed by atoms with E-state index in [9.17, 15) is 4.79 Å². The van der Waals surface area contributed by atoms with Crippen molar-refractivity contribution in [2.24, 2.45) is 0 Å². The number of rotatable bonds is 3. The molecule has 27 heavy (non-hydrogen) atoms. The van der Waals surface area contributed by atoms with E-state index in [1.807, 2.05) is 41.3 Å². The molecule has 2 aromatic rings. The molecule has 0 unspecified atom stereocenters. The minimum absolute atomic E-state index is 0.0144. The first-order chi connectivity index (χ1) is 13.2. The normalized spacial score (nSPS) is 25.1. The molecule has 2 aromatic carbocycles. The van der Waals surface area contributed by atoms with E-state index in [1.54, 1.807) is 0 Å². The number of ether oxygens (including phenoxy) is 2. The number of carbonyl (C=O) groups is 1. The Morgan fingerprint density at radius 3 is 2.26 bits per heavy atom. The van der Waals surface area contributed by atoms with Crippen LogP contribution in [0, 0.1) is 0 Å². The van der Waals surface area contributed by atoms with Crippen LogP contribution in [-0.2, 0) is 19.7 Å². The minimum Gasteiger partial charge on any atom is -0.381 e. The van der Waals surface area contributed by atoms with Gasteiger partial charge >= 0.3 is 0 Å². The molecule has 2 aliphatic rings. The fraction of sp³-hybridized carbons (Fsp3) is 0.435. The molecule has 4 heteroatoms. The van der Waals surface area contributed by atoms with Crippen LogP contribution in [0.4, 0.5) is 0 Å². The van der Waals surface area contributed by atoms with Gasteiger partial charge in [0.2, 0.25) is 5.91 Å². The molecule has 1 amide bonds. The largest absolute Gasteiger partial charge is 0.381 e. The van der Waals surface area contributed by atoms with Gasteiger partial charge in [0.1, 0.15) is 6.10 Å². The molecule has 0 aromatic heterocycles. The zero-order valence-electron chi connectivity index (χ0n) is 15.8. The monoisotopic (exact) mass is 365 g/mol. The number of hydrogen-bond donors (Lipinski definition) is 0. The summed E-state index contributed by atoms with van der Waals surface area (Å²) in [6.45, 7) is 4.54. The Labute approximate surface area is 161 Å². The van der Waals surface area contributed by atoms with Gasteiger partial charge in [0.15, 0.2) is 0 Å². The summed E-state index contributed by atoms with van der Waals surface area (Å²) in [6.07, 6.45) is 1.40. The lowest BCUT2D eigenvalue weighted by atomic mass is 9.72. The van der Waals surface area contributed by atoms with Gasteiger partial charge < -0.3 is 14.4 Å². The predicted octanol–water partition coefficient (Wildman–Crippen LogP) is 3.72. The van der Waals surface area contributed by atoms with Crippen molar-refractivity contribution < 1.29 is 14.3 Å². The third kappa shape index (κ3) is 3.64. The Morgan fingerprint density at radius 2 is 1.59 bits per heavy atom. The highest BCUT2D eigenvalue weighted by Crippen LogP contribution is 2.38. The van der Waals surface area contributed by atoms with E-state index in [4.69, 9.17) is 9.47 Å². The average molecular weight is 365 g/mol. The summed E-state index contributed by atoms with van der Waals surface area (Å²) < 4.78 is 11.8. The van der Waals surface area contributed by atoms with Crippen molar-refractivity contribution in [2.45, 2.75) is 37.4 Å². The van der Waals surface area contributed by atoms with Crippen molar-refractivity contribution in [3.05, 3.63) is 71.8 Å². The molecule has 0 radical (unpaired) electrons. The Balaban J connectivity index is 1.63. The second-order valence-electron chi connectivity index (χ2n) is 7.62. The minimum atomic E-state index is -0.488. The SMILES string of the molecule is C[C@@H]1CN(C(=O)C2(c3ccccc3)CCOCC2)C[C@H](c2ccccc2)O1. The zero-order valence-corrected chi connectivity index (χ0v) is 15.8. The Kier molecular flexibility index (Phi) is 5.28. The third-order valence-electron chi connectivity index (χ3n) is 5.80. The molecule has 0 N–H and O–H groups in total. The maximum Gasteiger partial charge on any atom is 0.233 e. The average Bonchev–Trinajstić information content (AvgIpc) is 2.74. The van der Waals surface area contributed by atoms with Crippen LogP contribution in [0.25, 0.3) is 0 Å². The summed E-state index contributed by atoms with van der Waals surface area (Å²) in [4.78, 5) is 15.8. The van der Waals surface area contributed by atoms with E-state index in [0.717, 1.165) is 24.0 Å². The van der Waals surface area contributed by atoms with Crippen molar-refractivity contribution in [2.75, 3.05) is 26.3 Å². The summed E-state index contributed by atoms with van der Waals surface area (Å²) in [7, 11) is 0. The Morgan fingerprint density at radius 1 is 0.963 bits per heavy atom. The second kappa shape index (κ2) is 7.83. The second-order valence-corrected chi connectivity index (χ2v) is 7.62. The van der Waals surface area contributed by atoms with Gasteiger partial charge in [-0.15, -0.1) is 0 Å². The first-order valence-electron chi connectivity index (χ1n) is 9.82. The quantitative estimate of drug-likeness (QED) is 0.832. The van der Waals surface area contributed by atoms with Gasteiger partial charge in [0.05, 0.1) is 18.1 Å². The molecule has 142 valence electrons. The van der Waals surface area contributed by atoms with Crippen molar-refractivity contribution in [1.29, 1.82) is 0 Å². The molecule has 2 saturated heterocycles. The van der Waals surface area contributed by atoms with Gasteiger partial charge in [-0.1, -0.05) is 60.7 Å². The third-order valence-corrected chi connectivity index (χ3v) is 5.80. The molecule has 2 heterocycles. The first-order valence-corrected chi connectivity index (χ1v) is 9.82. The molecule has 2 aliphatic heterocycles. The van der Waals surface area contributed by atoms with Crippen LogP contribution in [0.1, 0.15) is 37.0 Å². The summed E-state index contributed by atoms with van der Waals surface area (Å²) >= 11 is 0. The Hall–Kier alpha value is -2.17. The number of amides is 1. The van der Waals surface area contributed by atoms with Crippen LogP contribution in [0.15, 0.2) is 60.7 Å². The topological polar surface area (TPSA) is 38.8 Å². The van der Waals surface area contributed by atoms with E-state index in [2.05, 4.69) is 31.2 Å². The van der Waals surface area contributed by atoms with Crippen molar-refractivity contribution in [3.8, 4) is 0 Å². The van der Waals surface area contributed by atoms with E-state index < -0.39 is 5.41 Å². The van der Waals surface area contributed by atoms with E-state index in [-0.39, 0.29) is 18.1 Å². The number of morpholine rings is 1. The first kappa shape index (κ1) is 18.2. The smallest absolute Gasteiger partial charge is 0.233 e. The molecule has 0 bridgehead atoms. The number of hydrogen-bond acceptors (Lipinski definition) is 3. The molecule has 0 spiro atoms. The maximum atomic E-state index is 13.8. The van der Waals surface area contributed by atoms with Gasteiger partial charge in [0, 0.05) is 19.8 Å². The van der Waals surface area contributed by atoms with Gasteiger partial charge in [-0.3, -0.25) is 4.79 Å². The van der Waals surface area contributed by atoms with Crippen molar-refractivity contribution in [3.63, 3.8) is 0 Å². The van der Waals surface area contributed by atoms with Crippen LogP contribution in [0.3, 0.4) is 0 Å². The summed E-state index contributed by atoms with van der Waals surface area (Å²) in [5.74, 6) is 0.216. The van der Waals surface area contributed by atoms with Gasteiger partial charge in [0.25, 0.3) is 0 Å². The summed E-state index contributed by atoms with van der Waals surface area (Å²) in [6, 6.07) is 20.4. The van der Waals surface area contributed by atoms with Gasteiger partial charge in [-0.05, 0) is 30.9 Å². The number of carbonyl (C=O) groups excluding carboxylic acids is 1. The predicted molar refractivity (Wildman–Crippen MR) is 104 cm³/mol. The lowest BCUT2D eigenvalue weighted by molar-refractivity contribution is -0.154. The summed E-state index contributed by atoms with van der Waals surface area (Å²) in [5.41, 5.74) is 1.74. The molecular formula is C23H27NO3. The van der Waals surface area contributed by atoms with Crippen LogP contribution in [-0.4, -0.2) is 43.2 Å². The lowest BCUT2D eigenvalue weighted by Crippen LogP contribution is -2.55. The van der Waals surface area contributed by atoms with Crippen LogP contribution >= 0.6 is 0 Å². The van der Waals surface area contributed by atoms with Crippen LogP contribution < -0.4 is 0 Å². The molecule has 4 rings (SSSR count). The van der Waals surface area contributed by atoms with Crippen molar-refractivity contribution >= 4 is 5.91 Å².